The largest absolute Gasteiger partial charge is 0.395 e. The summed E-state index contributed by atoms with van der Waals surface area (Å²) in [6.45, 7) is 1.95. The van der Waals surface area contributed by atoms with Crippen LogP contribution in [0.5, 0.6) is 0 Å². The van der Waals surface area contributed by atoms with Gasteiger partial charge < -0.3 is 10.8 Å². The number of alkyl halides is 1. The Hall–Kier alpha value is 0.200. The average molecular weight is 195 g/mol. The van der Waals surface area contributed by atoms with E-state index in [0.29, 0.717) is 17.9 Å². The van der Waals surface area contributed by atoms with Crippen molar-refractivity contribution in [2.75, 3.05) is 18.1 Å². The Balaban J connectivity index is 3.18. The zero-order chi connectivity index (χ0) is 9.40. The Bertz CT molecular complexity index is 105. The van der Waals surface area contributed by atoms with E-state index in [1.54, 1.807) is 0 Å². The minimum Gasteiger partial charge on any atom is -0.395 e. The molecule has 2 nitrogen and oxygen atoms in total. The lowest BCUT2D eigenvalue weighted by molar-refractivity contribution is 0.275. The van der Waals surface area contributed by atoms with Crippen LogP contribution in [0.15, 0.2) is 0 Å². The molecule has 0 aromatic heterocycles. The van der Waals surface area contributed by atoms with Crippen LogP contribution < -0.4 is 5.73 Å². The first-order valence-corrected chi connectivity index (χ1v) is 5.44. The smallest absolute Gasteiger partial charge is 0.109 e. The second-order valence-corrected chi connectivity index (χ2v) is 3.94. The number of aliphatic hydroxyl groups is 1. The lowest BCUT2D eigenvalue weighted by atomic mass is 10.2. The maximum Gasteiger partial charge on any atom is 0.109 e. The van der Waals surface area contributed by atoms with Crippen LogP contribution in [0.2, 0.25) is 0 Å². The Morgan fingerprint density at radius 1 is 1.50 bits per heavy atom. The molecule has 3 N–H and O–H groups in total. The van der Waals surface area contributed by atoms with Gasteiger partial charge in [-0.25, -0.2) is 4.39 Å². The normalized spacial score (nSPS) is 16.0. The number of rotatable bonds is 7. The van der Waals surface area contributed by atoms with Crippen molar-refractivity contribution < 1.29 is 9.50 Å². The SMILES string of the molecule is CCCC(F)CSCC(N)CO. The minimum atomic E-state index is -0.717. The number of hydrogen-bond acceptors (Lipinski definition) is 3. The van der Waals surface area contributed by atoms with E-state index < -0.39 is 6.17 Å². The molecule has 0 saturated carbocycles. The molecule has 0 bridgehead atoms. The Kier molecular flexibility index (Phi) is 7.96. The molecular weight excluding hydrogens is 177 g/mol. The number of nitrogens with two attached hydrogens (primary N) is 1. The Morgan fingerprint density at radius 2 is 2.17 bits per heavy atom. The highest BCUT2D eigenvalue weighted by Gasteiger charge is 2.06. The van der Waals surface area contributed by atoms with Crippen molar-refractivity contribution in [3.63, 3.8) is 0 Å². The van der Waals surface area contributed by atoms with Crippen LogP contribution in [0.1, 0.15) is 19.8 Å². The molecule has 0 fully saturated rings. The van der Waals surface area contributed by atoms with Crippen LogP contribution in [-0.4, -0.2) is 35.4 Å². The fraction of sp³-hybridized carbons (Fsp3) is 1.00. The van der Waals surface area contributed by atoms with Gasteiger partial charge in [0.15, 0.2) is 0 Å². The van der Waals surface area contributed by atoms with E-state index in [1.807, 2.05) is 6.92 Å². The molecule has 74 valence electrons. The second kappa shape index (κ2) is 7.83. The van der Waals surface area contributed by atoms with E-state index >= 15 is 0 Å². The first-order chi connectivity index (χ1) is 5.70. The van der Waals surface area contributed by atoms with E-state index in [9.17, 15) is 4.39 Å². The van der Waals surface area contributed by atoms with Crippen LogP contribution in [0.4, 0.5) is 4.39 Å². The van der Waals surface area contributed by atoms with Crippen molar-refractivity contribution in [3.8, 4) is 0 Å². The molecule has 0 rings (SSSR count). The summed E-state index contributed by atoms with van der Waals surface area (Å²) in [5.41, 5.74) is 5.44. The predicted octanol–water partition coefficient (Wildman–Crippen LogP) is 1.18. The van der Waals surface area contributed by atoms with Crippen molar-refractivity contribution in [1.29, 1.82) is 0 Å². The van der Waals surface area contributed by atoms with Crippen LogP contribution in [0.25, 0.3) is 0 Å². The lowest BCUT2D eigenvalue weighted by Gasteiger charge is -2.09. The van der Waals surface area contributed by atoms with E-state index in [-0.39, 0.29) is 12.6 Å². The molecule has 0 saturated heterocycles. The third kappa shape index (κ3) is 6.88. The summed E-state index contributed by atoms with van der Waals surface area (Å²) in [7, 11) is 0. The van der Waals surface area contributed by atoms with E-state index in [0.717, 1.165) is 6.42 Å². The van der Waals surface area contributed by atoms with Gasteiger partial charge in [0, 0.05) is 17.5 Å². The maximum atomic E-state index is 12.8. The number of thioether (sulfide) groups is 1. The highest BCUT2D eigenvalue weighted by molar-refractivity contribution is 7.99. The lowest BCUT2D eigenvalue weighted by Crippen LogP contribution is -2.27. The fourth-order valence-corrected chi connectivity index (χ4v) is 1.76. The first-order valence-electron chi connectivity index (χ1n) is 4.29. The molecule has 4 heteroatoms. The fourth-order valence-electron chi connectivity index (χ4n) is 0.797. The standard InChI is InChI=1S/C8H18FNOS/c1-2-3-7(9)5-12-6-8(10)4-11/h7-8,11H,2-6,10H2,1H3. The van der Waals surface area contributed by atoms with Gasteiger partial charge in [0.2, 0.25) is 0 Å². The van der Waals surface area contributed by atoms with E-state index in [4.69, 9.17) is 10.8 Å². The first kappa shape index (κ1) is 12.2. The van der Waals surface area contributed by atoms with Crippen molar-refractivity contribution in [2.24, 2.45) is 5.73 Å². The zero-order valence-electron chi connectivity index (χ0n) is 7.50. The molecule has 0 aliphatic carbocycles. The Morgan fingerprint density at radius 3 is 2.67 bits per heavy atom. The molecule has 2 unspecified atom stereocenters. The molecule has 0 radical (unpaired) electrons. The summed E-state index contributed by atoms with van der Waals surface area (Å²) in [6, 6.07) is -0.205. The highest BCUT2D eigenvalue weighted by Crippen LogP contribution is 2.10. The number of halogens is 1. The zero-order valence-corrected chi connectivity index (χ0v) is 8.32. The molecular formula is C8H18FNOS. The van der Waals surface area contributed by atoms with Crippen LogP contribution in [0.3, 0.4) is 0 Å². The number of hydrogen-bond donors (Lipinski definition) is 2. The average Bonchev–Trinajstić information content (AvgIpc) is 2.04. The summed E-state index contributed by atoms with van der Waals surface area (Å²) >= 11 is 1.47. The summed E-state index contributed by atoms with van der Waals surface area (Å²) in [5, 5.41) is 8.57. The molecule has 12 heavy (non-hydrogen) atoms. The topological polar surface area (TPSA) is 46.2 Å². The van der Waals surface area contributed by atoms with Crippen LogP contribution in [-0.2, 0) is 0 Å². The molecule has 0 spiro atoms. The van der Waals surface area contributed by atoms with E-state index in [1.165, 1.54) is 11.8 Å². The van der Waals surface area contributed by atoms with E-state index in [2.05, 4.69) is 0 Å². The Labute approximate surface area is 77.7 Å². The molecule has 0 aromatic rings. The maximum absolute atomic E-state index is 12.8. The van der Waals surface area contributed by atoms with Crippen LogP contribution in [0, 0.1) is 0 Å². The molecule has 0 amide bonds. The molecule has 0 aromatic carbocycles. The predicted molar refractivity (Wildman–Crippen MR) is 52.2 cm³/mol. The third-order valence-electron chi connectivity index (χ3n) is 1.47. The monoisotopic (exact) mass is 195 g/mol. The van der Waals surface area contributed by atoms with Gasteiger partial charge in [-0.15, -0.1) is 0 Å². The van der Waals surface area contributed by atoms with Gasteiger partial charge in [-0.3, -0.25) is 0 Å². The number of aliphatic hydroxyl groups excluding tert-OH is 1. The van der Waals surface area contributed by atoms with Crippen LogP contribution >= 0.6 is 11.8 Å². The van der Waals surface area contributed by atoms with Crippen molar-refractivity contribution in [3.05, 3.63) is 0 Å². The van der Waals surface area contributed by atoms with Gasteiger partial charge in [-0.05, 0) is 6.42 Å². The van der Waals surface area contributed by atoms with Gasteiger partial charge in [-0.2, -0.15) is 11.8 Å². The summed E-state index contributed by atoms with van der Waals surface area (Å²) in [4.78, 5) is 0. The van der Waals surface area contributed by atoms with Gasteiger partial charge in [-0.1, -0.05) is 13.3 Å². The summed E-state index contributed by atoms with van der Waals surface area (Å²) in [5.74, 6) is 1.14. The van der Waals surface area contributed by atoms with Gasteiger partial charge >= 0.3 is 0 Å². The molecule has 2 atom stereocenters. The van der Waals surface area contributed by atoms with Gasteiger partial charge in [0.25, 0.3) is 0 Å². The van der Waals surface area contributed by atoms with Crippen molar-refractivity contribution >= 4 is 11.8 Å². The quantitative estimate of drug-likeness (QED) is 0.641. The molecule has 0 heterocycles. The molecule has 0 aliphatic heterocycles. The minimum absolute atomic E-state index is 0.0161. The highest BCUT2D eigenvalue weighted by atomic mass is 32.2. The molecule has 0 aliphatic rings. The van der Waals surface area contributed by atoms with Crippen molar-refractivity contribution in [2.45, 2.75) is 32.0 Å². The van der Waals surface area contributed by atoms with Gasteiger partial charge in [0.1, 0.15) is 6.17 Å². The summed E-state index contributed by atoms with van der Waals surface area (Å²) < 4.78 is 12.8. The third-order valence-corrected chi connectivity index (χ3v) is 2.73. The van der Waals surface area contributed by atoms with Crippen molar-refractivity contribution in [1.82, 2.24) is 0 Å². The summed E-state index contributed by atoms with van der Waals surface area (Å²) in [6.07, 6.45) is 0.792. The second-order valence-electron chi connectivity index (χ2n) is 2.87. The van der Waals surface area contributed by atoms with Gasteiger partial charge in [0.05, 0.1) is 6.61 Å².